The predicted molar refractivity (Wildman–Crippen MR) is 119 cm³/mol. The quantitative estimate of drug-likeness (QED) is 0.462. The fourth-order valence-corrected chi connectivity index (χ4v) is 3.48. The van der Waals surface area contributed by atoms with Gasteiger partial charge in [-0.15, -0.1) is 0 Å². The van der Waals surface area contributed by atoms with E-state index in [1.54, 1.807) is 66.7 Å². The molecular formula is C22H16Br2N2O3. The van der Waals surface area contributed by atoms with Gasteiger partial charge in [-0.1, -0.05) is 58.4 Å². The highest BCUT2D eigenvalue weighted by Gasteiger charge is 2.17. The molecule has 0 atom stereocenters. The van der Waals surface area contributed by atoms with Crippen molar-refractivity contribution in [2.24, 2.45) is 0 Å². The van der Waals surface area contributed by atoms with Gasteiger partial charge in [0.2, 0.25) is 5.91 Å². The summed E-state index contributed by atoms with van der Waals surface area (Å²) in [6, 6.07) is 20.8. The number of nitrogens with one attached hydrogen (secondary N) is 2. The molecule has 0 aliphatic carbocycles. The number of anilines is 1. The number of rotatable bonds is 6. The van der Waals surface area contributed by atoms with Crippen molar-refractivity contribution in [1.82, 2.24) is 5.32 Å². The van der Waals surface area contributed by atoms with E-state index >= 15 is 0 Å². The Morgan fingerprint density at radius 1 is 0.793 bits per heavy atom. The molecule has 0 aliphatic heterocycles. The summed E-state index contributed by atoms with van der Waals surface area (Å²) in [5.74, 6) is -1.02. The van der Waals surface area contributed by atoms with Crippen LogP contribution in [0.1, 0.15) is 26.3 Å². The Morgan fingerprint density at radius 3 is 2.21 bits per heavy atom. The first kappa shape index (κ1) is 21.0. The number of ketones is 1. The van der Waals surface area contributed by atoms with Crippen molar-refractivity contribution in [2.75, 3.05) is 11.9 Å². The molecule has 5 nitrogen and oxygen atoms in total. The zero-order valence-corrected chi connectivity index (χ0v) is 18.3. The van der Waals surface area contributed by atoms with Gasteiger partial charge in [0.1, 0.15) is 0 Å². The standard InChI is InChI=1S/C22H16Br2N2O3/c23-15-10-11-19(17(12-15)21(28)14-6-2-1-3-7-14)26-20(27)13-25-22(29)16-8-4-5-9-18(16)24/h1-12H,13H2,(H,25,29)(H,26,27). The van der Waals surface area contributed by atoms with Gasteiger partial charge in [0.25, 0.3) is 5.91 Å². The van der Waals surface area contributed by atoms with Crippen molar-refractivity contribution in [3.8, 4) is 0 Å². The fourth-order valence-electron chi connectivity index (χ4n) is 2.65. The summed E-state index contributed by atoms with van der Waals surface area (Å²) >= 11 is 6.67. The molecule has 2 N–H and O–H groups in total. The van der Waals surface area contributed by atoms with E-state index in [4.69, 9.17) is 0 Å². The van der Waals surface area contributed by atoms with Gasteiger partial charge < -0.3 is 10.6 Å². The van der Waals surface area contributed by atoms with Crippen molar-refractivity contribution in [3.05, 3.63) is 98.4 Å². The lowest BCUT2D eigenvalue weighted by Crippen LogP contribution is -2.33. The number of amides is 2. The Bertz CT molecular complexity index is 1070. The number of benzene rings is 3. The maximum Gasteiger partial charge on any atom is 0.252 e. The topological polar surface area (TPSA) is 75.3 Å². The number of carbonyl (C=O) groups excluding carboxylic acids is 3. The molecule has 2 amide bonds. The van der Waals surface area contributed by atoms with Crippen LogP contribution in [0.15, 0.2) is 81.7 Å². The van der Waals surface area contributed by atoms with E-state index in [9.17, 15) is 14.4 Å². The average molecular weight is 516 g/mol. The largest absolute Gasteiger partial charge is 0.343 e. The fraction of sp³-hybridized carbons (Fsp3) is 0.0455. The molecule has 7 heteroatoms. The molecule has 3 aromatic carbocycles. The Hall–Kier alpha value is -2.77. The van der Waals surface area contributed by atoms with Crippen molar-refractivity contribution < 1.29 is 14.4 Å². The first-order chi connectivity index (χ1) is 14.0. The summed E-state index contributed by atoms with van der Waals surface area (Å²) in [6.45, 7) is -0.227. The minimum atomic E-state index is -0.435. The normalized spacial score (nSPS) is 10.3. The first-order valence-corrected chi connectivity index (χ1v) is 10.3. The summed E-state index contributed by atoms with van der Waals surface area (Å²) < 4.78 is 1.36. The molecule has 0 spiro atoms. The Labute approximate surface area is 184 Å². The lowest BCUT2D eigenvalue weighted by Gasteiger charge is -2.12. The van der Waals surface area contributed by atoms with Gasteiger partial charge in [0.15, 0.2) is 5.78 Å². The third-order valence-electron chi connectivity index (χ3n) is 4.06. The van der Waals surface area contributed by atoms with E-state index < -0.39 is 5.91 Å². The van der Waals surface area contributed by atoms with Crippen LogP contribution in [0.2, 0.25) is 0 Å². The van der Waals surface area contributed by atoms with E-state index in [0.29, 0.717) is 26.9 Å². The van der Waals surface area contributed by atoms with Gasteiger partial charge in [-0.05, 0) is 46.3 Å². The summed E-state index contributed by atoms with van der Waals surface area (Å²) in [5, 5.41) is 5.28. The first-order valence-electron chi connectivity index (χ1n) is 8.67. The van der Waals surface area contributed by atoms with Crippen LogP contribution < -0.4 is 10.6 Å². The van der Waals surface area contributed by atoms with Crippen LogP contribution in [0.25, 0.3) is 0 Å². The van der Waals surface area contributed by atoms with Gasteiger partial charge >= 0.3 is 0 Å². The summed E-state index contributed by atoms with van der Waals surface area (Å²) in [4.78, 5) is 37.5. The molecule has 3 rings (SSSR count). The van der Waals surface area contributed by atoms with Crippen LogP contribution in [0, 0.1) is 0 Å². The summed E-state index contributed by atoms with van der Waals surface area (Å²) in [6.07, 6.45) is 0. The second-order valence-electron chi connectivity index (χ2n) is 6.10. The van der Waals surface area contributed by atoms with Crippen molar-refractivity contribution in [2.45, 2.75) is 0 Å². The summed E-state index contributed by atoms with van der Waals surface area (Å²) in [5.41, 5.74) is 1.69. The van der Waals surface area contributed by atoms with E-state index in [-0.39, 0.29) is 18.2 Å². The molecular weight excluding hydrogens is 500 g/mol. The zero-order chi connectivity index (χ0) is 20.8. The van der Waals surface area contributed by atoms with Gasteiger partial charge in [-0.3, -0.25) is 14.4 Å². The molecule has 0 saturated carbocycles. The van der Waals surface area contributed by atoms with E-state index in [1.807, 2.05) is 6.07 Å². The third kappa shape index (κ3) is 5.40. The SMILES string of the molecule is O=C(CNC(=O)c1ccccc1Br)Nc1ccc(Br)cc1C(=O)c1ccccc1. The highest BCUT2D eigenvalue weighted by Crippen LogP contribution is 2.24. The smallest absolute Gasteiger partial charge is 0.252 e. The summed E-state index contributed by atoms with van der Waals surface area (Å²) in [7, 11) is 0. The van der Waals surface area contributed by atoms with Crippen molar-refractivity contribution >= 4 is 55.1 Å². The molecule has 0 aliphatic rings. The van der Waals surface area contributed by atoms with Crippen LogP contribution >= 0.6 is 31.9 Å². The Kier molecular flexibility index (Phi) is 6.95. The molecule has 0 unspecified atom stereocenters. The molecule has 0 fully saturated rings. The minimum Gasteiger partial charge on any atom is -0.343 e. The van der Waals surface area contributed by atoms with Gasteiger partial charge in [0, 0.05) is 20.1 Å². The monoisotopic (exact) mass is 514 g/mol. The number of halogens is 2. The van der Waals surface area contributed by atoms with Crippen LogP contribution in [-0.4, -0.2) is 24.1 Å². The third-order valence-corrected chi connectivity index (χ3v) is 5.25. The maximum atomic E-state index is 12.8. The van der Waals surface area contributed by atoms with Gasteiger partial charge in [-0.25, -0.2) is 0 Å². The lowest BCUT2D eigenvalue weighted by atomic mass is 10.0. The molecule has 146 valence electrons. The number of hydrogen-bond donors (Lipinski definition) is 2. The molecule has 0 radical (unpaired) electrons. The molecule has 0 aromatic heterocycles. The zero-order valence-electron chi connectivity index (χ0n) is 15.1. The van der Waals surface area contributed by atoms with E-state index in [1.165, 1.54) is 0 Å². The maximum absolute atomic E-state index is 12.8. The van der Waals surface area contributed by atoms with Crippen molar-refractivity contribution in [1.29, 1.82) is 0 Å². The van der Waals surface area contributed by atoms with Gasteiger partial charge in [-0.2, -0.15) is 0 Å². The van der Waals surface area contributed by atoms with E-state index in [0.717, 1.165) is 4.47 Å². The highest BCUT2D eigenvalue weighted by atomic mass is 79.9. The van der Waals surface area contributed by atoms with Crippen LogP contribution in [0.4, 0.5) is 5.69 Å². The van der Waals surface area contributed by atoms with Crippen LogP contribution in [0.3, 0.4) is 0 Å². The number of hydrogen-bond acceptors (Lipinski definition) is 3. The molecule has 3 aromatic rings. The minimum absolute atomic E-state index is 0.209. The van der Waals surface area contributed by atoms with Crippen LogP contribution in [0.5, 0.6) is 0 Å². The van der Waals surface area contributed by atoms with Crippen molar-refractivity contribution in [3.63, 3.8) is 0 Å². The Balaban J connectivity index is 1.71. The second-order valence-corrected chi connectivity index (χ2v) is 7.87. The second kappa shape index (κ2) is 9.62. The molecule has 0 heterocycles. The molecule has 0 saturated heterocycles. The number of carbonyl (C=O) groups is 3. The van der Waals surface area contributed by atoms with Crippen LogP contribution in [-0.2, 0) is 4.79 Å². The van der Waals surface area contributed by atoms with Gasteiger partial charge in [0.05, 0.1) is 17.8 Å². The average Bonchev–Trinajstić information content (AvgIpc) is 2.73. The highest BCUT2D eigenvalue weighted by molar-refractivity contribution is 9.10. The molecule has 29 heavy (non-hydrogen) atoms. The lowest BCUT2D eigenvalue weighted by molar-refractivity contribution is -0.115. The van der Waals surface area contributed by atoms with E-state index in [2.05, 4.69) is 42.5 Å². The molecule has 0 bridgehead atoms. The predicted octanol–water partition coefficient (Wildman–Crippen LogP) is 4.81. The Morgan fingerprint density at radius 2 is 1.48 bits per heavy atom.